The molecule has 0 bridgehead atoms. The van der Waals surface area contributed by atoms with Crippen molar-refractivity contribution in [3.63, 3.8) is 0 Å². The first-order chi connectivity index (χ1) is 14.2. The van der Waals surface area contributed by atoms with Crippen molar-refractivity contribution >= 4 is 28.9 Å². The van der Waals surface area contributed by atoms with E-state index in [0.29, 0.717) is 29.9 Å². The van der Waals surface area contributed by atoms with Gasteiger partial charge in [-0.15, -0.1) is 11.3 Å². The number of para-hydroxylation sites is 1. The number of aromatic nitrogens is 1. The second kappa shape index (κ2) is 8.45. The van der Waals surface area contributed by atoms with Crippen LogP contribution in [-0.4, -0.2) is 30.5 Å². The van der Waals surface area contributed by atoms with Gasteiger partial charge in [0.2, 0.25) is 5.91 Å². The Morgan fingerprint density at radius 3 is 2.86 bits per heavy atom. The second-order valence-corrected chi connectivity index (χ2v) is 7.48. The standard InChI is InChI=1S/C22H20N2O4S/c1-27-17-7-4-6-15(12-17)21-23-16(14-29-21)13-28-22(26)18-8-2-3-9-19(18)24-11-5-10-20(24)25/h2-4,6-9,12,14H,5,10-11,13H2,1H3. The third-order valence-corrected chi connectivity index (χ3v) is 5.65. The van der Waals surface area contributed by atoms with E-state index < -0.39 is 5.97 Å². The summed E-state index contributed by atoms with van der Waals surface area (Å²) in [7, 11) is 1.62. The molecule has 0 N–H and O–H groups in total. The van der Waals surface area contributed by atoms with Crippen LogP contribution >= 0.6 is 11.3 Å². The van der Waals surface area contributed by atoms with Crippen LogP contribution in [0.1, 0.15) is 28.9 Å². The maximum absolute atomic E-state index is 12.7. The Morgan fingerprint density at radius 2 is 2.07 bits per heavy atom. The smallest absolute Gasteiger partial charge is 0.340 e. The van der Waals surface area contributed by atoms with Gasteiger partial charge in [0.25, 0.3) is 0 Å². The Labute approximate surface area is 172 Å². The number of carbonyl (C=O) groups is 2. The molecule has 1 aromatic heterocycles. The number of nitrogens with zero attached hydrogens (tertiary/aromatic N) is 2. The van der Waals surface area contributed by atoms with Crippen LogP contribution in [0.25, 0.3) is 10.6 Å². The first-order valence-corrected chi connectivity index (χ1v) is 10.2. The third kappa shape index (κ3) is 4.14. The Morgan fingerprint density at radius 1 is 1.21 bits per heavy atom. The number of ether oxygens (including phenoxy) is 2. The van der Waals surface area contributed by atoms with Crippen LogP contribution in [0, 0.1) is 0 Å². The largest absolute Gasteiger partial charge is 0.497 e. The van der Waals surface area contributed by atoms with Crippen molar-refractivity contribution in [2.75, 3.05) is 18.6 Å². The molecule has 4 rings (SSSR count). The maximum Gasteiger partial charge on any atom is 0.340 e. The average Bonchev–Trinajstić information content (AvgIpc) is 3.41. The van der Waals surface area contributed by atoms with E-state index in [1.165, 1.54) is 11.3 Å². The molecule has 1 saturated heterocycles. The van der Waals surface area contributed by atoms with Crippen LogP contribution < -0.4 is 9.64 Å². The number of anilines is 1. The average molecular weight is 408 g/mol. The molecule has 2 aromatic carbocycles. The summed E-state index contributed by atoms with van der Waals surface area (Å²) in [6, 6.07) is 14.7. The summed E-state index contributed by atoms with van der Waals surface area (Å²) in [5.41, 5.74) is 2.63. The molecule has 3 aromatic rings. The summed E-state index contributed by atoms with van der Waals surface area (Å²) in [4.78, 5) is 30.9. The third-order valence-electron chi connectivity index (χ3n) is 4.71. The molecule has 0 atom stereocenters. The Hall–Kier alpha value is -3.19. The predicted octanol–water partition coefficient (Wildman–Crippen LogP) is 4.30. The van der Waals surface area contributed by atoms with Gasteiger partial charge in [-0.1, -0.05) is 24.3 Å². The van der Waals surface area contributed by atoms with Gasteiger partial charge < -0.3 is 14.4 Å². The molecule has 148 valence electrons. The first-order valence-electron chi connectivity index (χ1n) is 9.31. The summed E-state index contributed by atoms with van der Waals surface area (Å²) in [5.74, 6) is 0.336. The van der Waals surface area contributed by atoms with Crippen molar-refractivity contribution in [3.8, 4) is 16.3 Å². The Bertz CT molecular complexity index is 1050. The van der Waals surface area contributed by atoms with Gasteiger partial charge in [-0.25, -0.2) is 9.78 Å². The Kier molecular flexibility index (Phi) is 5.57. The predicted molar refractivity (Wildman–Crippen MR) is 111 cm³/mol. The van der Waals surface area contributed by atoms with Crippen LogP contribution in [0.15, 0.2) is 53.9 Å². The molecule has 0 spiro atoms. The number of hydrogen-bond acceptors (Lipinski definition) is 6. The van der Waals surface area contributed by atoms with E-state index in [0.717, 1.165) is 22.7 Å². The van der Waals surface area contributed by atoms with E-state index in [9.17, 15) is 9.59 Å². The van der Waals surface area contributed by atoms with Crippen molar-refractivity contribution in [1.82, 2.24) is 4.98 Å². The van der Waals surface area contributed by atoms with Crippen molar-refractivity contribution in [2.24, 2.45) is 0 Å². The molecule has 1 fully saturated rings. The van der Waals surface area contributed by atoms with Crippen molar-refractivity contribution in [2.45, 2.75) is 19.4 Å². The van der Waals surface area contributed by atoms with E-state index in [1.54, 1.807) is 30.2 Å². The van der Waals surface area contributed by atoms with Crippen molar-refractivity contribution < 1.29 is 19.1 Å². The molecule has 29 heavy (non-hydrogen) atoms. The lowest BCUT2D eigenvalue weighted by Crippen LogP contribution is -2.26. The molecule has 0 radical (unpaired) electrons. The highest BCUT2D eigenvalue weighted by Crippen LogP contribution is 2.28. The number of thiazole rings is 1. The lowest BCUT2D eigenvalue weighted by Gasteiger charge is -2.18. The lowest BCUT2D eigenvalue weighted by molar-refractivity contribution is -0.117. The van der Waals surface area contributed by atoms with E-state index in [1.807, 2.05) is 35.7 Å². The number of methoxy groups -OCH3 is 1. The normalized spacial score (nSPS) is 13.6. The summed E-state index contributed by atoms with van der Waals surface area (Å²) < 4.78 is 10.7. The highest BCUT2D eigenvalue weighted by atomic mass is 32.1. The van der Waals surface area contributed by atoms with Gasteiger partial charge in [-0.2, -0.15) is 0 Å². The van der Waals surface area contributed by atoms with Crippen LogP contribution in [0.4, 0.5) is 5.69 Å². The number of rotatable bonds is 6. The monoisotopic (exact) mass is 408 g/mol. The first kappa shape index (κ1) is 19.1. The fourth-order valence-electron chi connectivity index (χ4n) is 3.26. The van der Waals surface area contributed by atoms with Gasteiger partial charge in [-0.3, -0.25) is 4.79 Å². The van der Waals surface area contributed by atoms with E-state index in [4.69, 9.17) is 9.47 Å². The van der Waals surface area contributed by atoms with Crippen LogP contribution in [-0.2, 0) is 16.1 Å². The SMILES string of the molecule is COc1cccc(-c2nc(COC(=O)c3ccccc3N3CCCC3=O)cs2)c1. The zero-order valence-electron chi connectivity index (χ0n) is 16.0. The number of hydrogen-bond donors (Lipinski definition) is 0. The molecule has 0 saturated carbocycles. The lowest BCUT2D eigenvalue weighted by atomic mass is 10.1. The molecule has 7 heteroatoms. The molecule has 0 aliphatic carbocycles. The molecule has 2 heterocycles. The number of amides is 1. The van der Waals surface area contributed by atoms with Crippen LogP contribution in [0.5, 0.6) is 5.75 Å². The summed E-state index contributed by atoms with van der Waals surface area (Å²) >= 11 is 1.48. The zero-order valence-corrected chi connectivity index (χ0v) is 16.8. The van der Waals surface area contributed by atoms with Crippen LogP contribution in [0.2, 0.25) is 0 Å². The molecular weight excluding hydrogens is 388 g/mol. The summed E-state index contributed by atoms with van der Waals surface area (Å²) in [6.07, 6.45) is 1.31. The number of esters is 1. The minimum atomic E-state index is -0.462. The number of benzene rings is 2. The van der Waals surface area contributed by atoms with Crippen molar-refractivity contribution in [3.05, 3.63) is 65.2 Å². The minimum Gasteiger partial charge on any atom is -0.497 e. The Balaban J connectivity index is 1.46. The highest BCUT2D eigenvalue weighted by Gasteiger charge is 2.26. The molecular formula is C22H20N2O4S. The zero-order chi connectivity index (χ0) is 20.2. The molecule has 1 aliphatic rings. The van der Waals surface area contributed by atoms with E-state index in [2.05, 4.69) is 4.98 Å². The molecule has 6 nitrogen and oxygen atoms in total. The van der Waals surface area contributed by atoms with Gasteiger partial charge >= 0.3 is 5.97 Å². The van der Waals surface area contributed by atoms with E-state index >= 15 is 0 Å². The fourth-order valence-corrected chi connectivity index (χ4v) is 4.07. The van der Waals surface area contributed by atoms with Gasteiger partial charge in [0, 0.05) is 23.9 Å². The fraction of sp³-hybridized carbons (Fsp3) is 0.227. The van der Waals surface area contributed by atoms with Gasteiger partial charge in [-0.05, 0) is 30.7 Å². The summed E-state index contributed by atoms with van der Waals surface area (Å²) in [5, 5.41) is 2.70. The number of carbonyl (C=O) groups excluding carboxylic acids is 2. The van der Waals surface area contributed by atoms with Crippen LogP contribution in [0.3, 0.4) is 0 Å². The highest BCUT2D eigenvalue weighted by molar-refractivity contribution is 7.13. The van der Waals surface area contributed by atoms with Crippen molar-refractivity contribution in [1.29, 1.82) is 0 Å². The minimum absolute atomic E-state index is 0.0349. The molecule has 1 amide bonds. The topological polar surface area (TPSA) is 68.7 Å². The second-order valence-electron chi connectivity index (χ2n) is 6.62. The summed E-state index contributed by atoms with van der Waals surface area (Å²) in [6.45, 7) is 0.695. The quantitative estimate of drug-likeness (QED) is 0.569. The van der Waals surface area contributed by atoms with Gasteiger partial charge in [0.15, 0.2) is 0 Å². The molecule has 1 aliphatic heterocycles. The molecule has 0 unspecified atom stereocenters. The van der Waals surface area contributed by atoms with Gasteiger partial charge in [0.1, 0.15) is 17.4 Å². The van der Waals surface area contributed by atoms with Gasteiger partial charge in [0.05, 0.1) is 24.1 Å². The maximum atomic E-state index is 12.7. The van der Waals surface area contributed by atoms with E-state index in [-0.39, 0.29) is 12.5 Å².